The molecule has 8 heteroatoms. The summed E-state index contributed by atoms with van der Waals surface area (Å²) in [7, 11) is 5.71. The van der Waals surface area contributed by atoms with Gasteiger partial charge in [-0.15, -0.1) is 0 Å². The van der Waals surface area contributed by atoms with Gasteiger partial charge in [-0.25, -0.2) is 4.98 Å². The van der Waals surface area contributed by atoms with Crippen molar-refractivity contribution in [2.45, 2.75) is 0 Å². The van der Waals surface area contributed by atoms with Gasteiger partial charge >= 0.3 is 6.01 Å². The molecule has 8 nitrogen and oxygen atoms in total. The van der Waals surface area contributed by atoms with Crippen LogP contribution in [0.3, 0.4) is 0 Å². The highest BCUT2D eigenvalue weighted by Gasteiger charge is 2.20. The Morgan fingerprint density at radius 1 is 1.22 bits per heavy atom. The smallest absolute Gasteiger partial charge is 0.317 e. The number of aryl methyl sites for hydroxylation is 1. The summed E-state index contributed by atoms with van der Waals surface area (Å²) < 4.78 is 9.26. The molecule has 0 N–H and O–H groups in total. The normalized spacial score (nSPS) is 11.5. The predicted molar refractivity (Wildman–Crippen MR) is 102 cm³/mol. The lowest BCUT2D eigenvalue weighted by molar-refractivity contribution is 0.246. The molecule has 136 valence electrons. The van der Waals surface area contributed by atoms with Crippen LogP contribution in [0.4, 0.5) is 0 Å². The maximum atomic E-state index is 12.9. The van der Waals surface area contributed by atoms with Gasteiger partial charge in [-0.1, -0.05) is 12.1 Å². The highest BCUT2D eigenvalue weighted by atomic mass is 16.5. The Kier molecular flexibility index (Phi) is 4.01. The molecule has 0 saturated carbocycles. The average molecular weight is 362 g/mol. The number of aromatic nitrogens is 4. The number of fused-ring (bicyclic) bond motifs is 5. The van der Waals surface area contributed by atoms with E-state index in [1.54, 1.807) is 6.20 Å². The molecular formula is C19H18N6O2. The number of nitriles is 1. The molecule has 0 spiro atoms. The van der Waals surface area contributed by atoms with Crippen molar-refractivity contribution in [1.29, 1.82) is 5.26 Å². The van der Waals surface area contributed by atoms with E-state index in [1.165, 1.54) is 0 Å². The number of likely N-dealkylation sites (N-methyl/N-ethyl adjacent to an activating group) is 1. The first-order chi connectivity index (χ1) is 13.0. The molecule has 27 heavy (non-hydrogen) atoms. The lowest BCUT2D eigenvalue weighted by Gasteiger charge is -2.10. The fraction of sp³-hybridized carbons (Fsp3) is 0.263. The van der Waals surface area contributed by atoms with Gasteiger partial charge in [-0.3, -0.25) is 9.20 Å². The second-order valence-electron chi connectivity index (χ2n) is 6.56. The molecule has 0 aliphatic rings. The number of nitrogens with zero attached hydrogens (tertiary/aromatic N) is 6. The molecule has 0 unspecified atom stereocenters. The van der Waals surface area contributed by atoms with Crippen LogP contribution in [-0.2, 0) is 7.05 Å². The van der Waals surface area contributed by atoms with Crippen molar-refractivity contribution < 1.29 is 4.74 Å². The second-order valence-corrected chi connectivity index (χ2v) is 6.56. The number of imidazole rings is 1. The maximum Gasteiger partial charge on any atom is 0.317 e. The maximum absolute atomic E-state index is 12.9. The van der Waals surface area contributed by atoms with E-state index in [2.05, 4.69) is 9.97 Å². The summed E-state index contributed by atoms with van der Waals surface area (Å²) in [5, 5.41) is 9.64. The first-order valence-electron chi connectivity index (χ1n) is 8.49. The van der Waals surface area contributed by atoms with Crippen molar-refractivity contribution in [3.8, 4) is 12.1 Å². The molecule has 3 heterocycles. The van der Waals surface area contributed by atoms with Gasteiger partial charge in [-0.2, -0.15) is 10.2 Å². The van der Waals surface area contributed by atoms with Crippen LogP contribution in [0.1, 0.15) is 5.56 Å². The number of para-hydroxylation sites is 2. The molecule has 0 bridgehead atoms. The van der Waals surface area contributed by atoms with Gasteiger partial charge in [0.1, 0.15) is 29.4 Å². The number of hydrogen-bond donors (Lipinski definition) is 0. The summed E-state index contributed by atoms with van der Waals surface area (Å²) in [6.07, 6.45) is 1.58. The van der Waals surface area contributed by atoms with Crippen LogP contribution < -0.4 is 10.2 Å². The number of rotatable bonds is 4. The third-order valence-electron chi connectivity index (χ3n) is 4.55. The van der Waals surface area contributed by atoms with Gasteiger partial charge in [0.05, 0.1) is 22.7 Å². The minimum Gasteiger partial charge on any atom is -0.462 e. The molecule has 3 aromatic heterocycles. The van der Waals surface area contributed by atoms with Crippen molar-refractivity contribution in [1.82, 2.24) is 23.8 Å². The van der Waals surface area contributed by atoms with E-state index in [0.717, 1.165) is 11.0 Å². The van der Waals surface area contributed by atoms with Crippen LogP contribution >= 0.6 is 0 Å². The van der Waals surface area contributed by atoms with Crippen LogP contribution in [-0.4, -0.2) is 51.1 Å². The van der Waals surface area contributed by atoms with Gasteiger partial charge < -0.3 is 14.2 Å². The van der Waals surface area contributed by atoms with Crippen LogP contribution in [0.25, 0.3) is 27.7 Å². The first kappa shape index (κ1) is 17.0. The third kappa shape index (κ3) is 2.60. The molecule has 0 aliphatic heterocycles. The standard InChI is InChI=1S/C19H18N6O2/c1-23(2)8-9-27-19-21-11-15-16(22-19)17(26)12(10-20)18-24(3)13-6-4-5-7-14(13)25(15)18/h4-7,11H,8-9H2,1-3H3. The van der Waals surface area contributed by atoms with E-state index in [9.17, 15) is 10.1 Å². The lowest BCUT2D eigenvalue weighted by atomic mass is 10.2. The summed E-state index contributed by atoms with van der Waals surface area (Å²) in [6, 6.07) is 9.89. The zero-order valence-corrected chi connectivity index (χ0v) is 15.3. The van der Waals surface area contributed by atoms with E-state index in [4.69, 9.17) is 4.74 Å². The molecule has 0 aliphatic carbocycles. The fourth-order valence-electron chi connectivity index (χ4n) is 3.24. The van der Waals surface area contributed by atoms with E-state index in [1.807, 2.05) is 65.3 Å². The van der Waals surface area contributed by atoms with Crippen molar-refractivity contribution in [3.63, 3.8) is 0 Å². The van der Waals surface area contributed by atoms with Gasteiger partial charge in [0.15, 0.2) is 0 Å². The minimum absolute atomic E-state index is 0.0548. The van der Waals surface area contributed by atoms with Crippen molar-refractivity contribution in [2.75, 3.05) is 27.2 Å². The van der Waals surface area contributed by atoms with Crippen LogP contribution in [0.5, 0.6) is 6.01 Å². The Morgan fingerprint density at radius 2 is 1.96 bits per heavy atom. The molecule has 0 amide bonds. The molecule has 1 aromatic carbocycles. The average Bonchev–Trinajstić information content (AvgIpc) is 2.95. The largest absolute Gasteiger partial charge is 0.462 e. The van der Waals surface area contributed by atoms with Crippen molar-refractivity contribution >= 4 is 27.7 Å². The van der Waals surface area contributed by atoms with Crippen molar-refractivity contribution in [2.24, 2.45) is 7.05 Å². The van der Waals surface area contributed by atoms with E-state index < -0.39 is 5.43 Å². The molecule has 4 rings (SSSR count). The molecule has 4 aromatic rings. The summed E-state index contributed by atoms with van der Waals surface area (Å²) in [5.41, 5.74) is 2.67. The SMILES string of the molecule is CN(C)CCOc1ncc2c(n1)c(=O)c(C#N)c1n(C)c3ccccc3n21. The van der Waals surface area contributed by atoms with Crippen LogP contribution in [0.15, 0.2) is 35.3 Å². The van der Waals surface area contributed by atoms with Crippen LogP contribution in [0.2, 0.25) is 0 Å². The Labute approximate surface area is 154 Å². The van der Waals surface area contributed by atoms with Crippen molar-refractivity contribution in [3.05, 3.63) is 46.2 Å². The Hall–Kier alpha value is -3.44. The quantitative estimate of drug-likeness (QED) is 0.547. The Balaban J connectivity index is 2.03. The van der Waals surface area contributed by atoms with Gasteiger partial charge in [0, 0.05) is 13.6 Å². The second kappa shape index (κ2) is 6.37. The summed E-state index contributed by atoms with van der Waals surface area (Å²) in [6.45, 7) is 1.10. The number of pyridine rings is 1. The minimum atomic E-state index is -0.418. The Bertz CT molecular complexity index is 1280. The summed E-state index contributed by atoms with van der Waals surface area (Å²) in [4.78, 5) is 23.5. The van der Waals surface area contributed by atoms with Gasteiger partial charge in [-0.05, 0) is 26.2 Å². The number of hydrogen-bond acceptors (Lipinski definition) is 6. The topological polar surface area (TPSA) is 88.4 Å². The summed E-state index contributed by atoms with van der Waals surface area (Å²) in [5.74, 6) is 0. The summed E-state index contributed by atoms with van der Waals surface area (Å²) >= 11 is 0. The third-order valence-corrected chi connectivity index (χ3v) is 4.55. The molecular weight excluding hydrogens is 344 g/mol. The molecule has 0 atom stereocenters. The first-order valence-corrected chi connectivity index (χ1v) is 8.49. The molecule has 0 saturated heterocycles. The zero-order chi connectivity index (χ0) is 19.1. The predicted octanol–water partition coefficient (Wildman–Crippen LogP) is 1.55. The molecule has 0 fully saturated rings. The van der Waals surface area contributed by atoms with Crippen LogP contribution in [0, 0.1) is 11.3 Å². The number of benzene rings is 1. The highest BCUT2D eigenvalue weighted by Crippen LogP contribution is 2.25. The van der Waals surface area contributed by atoms with E-state index in [-0.39, 0.29) is 17.1 Å². The zero-order valence-electron chi connectivity index (χ0n) is 15.3. The number of ether oxygens (including phenoxy) is 1. The fourth-order valence-corrected chi connectivity index (χ4v) is 3.24. The van der Waals surface area contributed by atoms with E-state index >= 15 is 0 Å². The van der Waals surface area contributed by atoms with Gasteiger partial charge in [0.25, 0.3) is 0 Å². The monoisotopic (exact) mass is 362 g/mol. The molecule has 0 radical (unpaired) electrons. The van der Waals surface area contributed by atoms with Gasteiger partial charge in [0.2, 0.25) is 5.43 Å². The highest BCUT2D eigenvalue weighted by molar-refractivity contribution is 5.91. The lowest BCUT2D eigenvalue weighted by Crippen LogP contribution is -2.20. The Morgan fingerprint density at radius 3 is 2.67 bits per heavy atom. The van der Waals surface area contributed by atoms with E-state index in [0.29, 0.717) is 24.3 Å².